The fraction of sp³-hybridized carbons (Fsp3) is 0.429. The molecule has 0 unspecified atom stereocenters. The zero-order valence-electron chi connectivity index (χ0n) is 11.4. The molecular weight excluding hydrogens is 324 g/mol. The Morgan fingerprint density at radius 3 is 2.65 bits per heavy atom. The molecule has 1 aliphatic rings. The van der Waals surface area contributed by atoms with Gasteiger partial charge in [-0.1, -0.05) is 0 Å². The van der Waals surface area contributed by atoms with Gasteiger partial charge in [0, 0.05) is 16.6 Å². The molecule has 0 atom stereocenters. The Kier molecular flexibility index (Phi) is 4.04. The van der Waals surface area contributed by atoms with E-state index in [1.807, 2.05) is 13.8 Å². The smallest absolute Gasteiger partial charge is 0.335 e. The number of urea groups is 1. The molecule has 1 saturated heterocycles. The quantitative estimate of drug-likeness (QED) is 0.864. The number of carbonyl (C=O) groups excluding carboxylic acids is 1. The van der Waals surface area contributed by atoms with Crippen molar-refractivity contribution in [2.45, 2.75) is 32.2 Å². The number of nitrogens with one attached hydrogen (secondary N) is 1. The van der Waals surface area contributed by atoms with Crippen molar-refractivity contribution in [2.75, 3.05) is 11.9 Å². The summed E-state index contributed by atoms with van der Waals surface area (Å²) in [6, 6.07) is 4.36. The number of anilines is 1. The molecule has 5 nitrogen and oxygen atoms in total. The first-order valence-electron chi connectivity index (χ1n) is 6.43. The molecule has 2 amide bonds. The van der Waals surface area contributed by atoms with Crippen LogP contribution < -0.4 is 5.32 Å². The molecule has 0 bridgehead atoms. The summed E-state index contributed by atoms with van der Waals surface area (Å²) in [5.74, 6) is -1.02. The number of hydrogen-bond acceptors (Lipinski definition) is 2. The second-order valence-corrected chi connectivity index (χ2v) is 6.35. The molecule has 1 heterocycles. The van der Waals surface area contributed by atoms with Gasteiger partial charge in [-0.05, 0) is 60.8 Å². The summed E-state index contributed by atoms with van der Waals surface area (Å²) >= 11 is 3.32. The van der Waals surface area contributed by atoms with Crippen LogP contribution in [0.1, 0.15) is 37.0 Å². The van der Waals surface area contributed by atoms with Crippen LogP contribution in [0.3, 0.4) is 0 Å². The van der Waals surface area contributed by atoms with E-state index in [1.165, 1.54) is 12.1 Å². The lowest BCUT2D eigenvalue weighted by Crippen LogP contribution is -2.45. The van der Waals surface area contributed by atoms with Crippen molar-refractivity contribution in [3.63, 3.8) is 0 Å². The van der Waals surface area contributed by atoms with Crippen LogP contribution in [-0.2, 0) is 0 Å². The summed E-state index contributed by atoms with van der Waals surface area (Å²) in [5, 5.41) is 11.8. The Morgan fingerprint density at radius 1 is 1.40 bits per heavy atom. The van der Waals surface area contributed by atoms with E-state index < -0.39 is 5.97 Å². The van der Waals surface area contributed by atoms with Crippen LogP contribution in [-0.4, -0.2) is 34.1 Å². The number of aromatic carboxylic acids is 1. The number of hydrogen-bond donors (Lipinski definition) is 2. The number of benzene rings is 1. The molecule has 2 N–H and O–H groups in total. The minimum Gasteiger partial charge on any atom is -0.478 e. The summed E-state index contributed by atoms with van der Waals surface area (Å²) in [4.78, 5) is 25.1. The normalized spacial score (nSPS) is 17.1. The zero-order valence-corrected chi connectivity index (χ0v) is 13.0. The van der Waals surface area contributed by atoms with E-state index in [1.54, 1.807) is 11.0 Å². The molecule has 6 heteroatoms. The Labute approximate surface area is 126 Å². The zero-order chi connectivity index (χ0) is 14.9. The molecule has 1 aromatic rings. The van der Waals surface area contributed by atoms with Crippen molar-refractivity contribution in [3.05, 3.63) is 28.2 Å². The van der Waals surface area contributed by atoms with Crippen LogP contribution in [0.2, 0.25) is 0 Å². The SMILES string of the molecule is CC1(C)CCCN1C(=O)Nc1cc(C(=O)O)ccc1Br. The first-order valence-corrected chi connectivity index (χ1v) is 7.22. The molecule has 2 rings (SSSR count). The van der Waals surface area contributed by atoms with Gasteiger partial charge in [0.1, 0.15) is 0 Å². The number of nitrogens with zero attached hydrogens (tertiary/aromatic N) is 1. The Morgan fingerprint density at radius 2 is 2.10 bits per heavy atom. The molecule has 20 heavy (non-hydrogen) atoms. The van der Waals surface area contributed by atoms with Crippen molar-refractivity contribution in [1.82, 2.24) is 4.90 Å². The standard InChI is InChI=1S/C14H17BrN2O3/c1-14(2)6-3-7-17(14)13(20)16-11-8-9(12(18)19)4-5-10(11)15/h4-5,8H,3,6-7H2,1-2H3,(H,16,20)(H,18,19). The maximum absolute atomic E-state index is 12.3. The third kappa shape index (κ3) is 2.95. The van der Waals surface area contributed by atoms with Gasteiger partial charge >= 0.3 is 12.0 Å². The Hall–Kier alpha value is -1.56. The second-order valence-electron chi connectivity index (χ2n) is 5.50. The number of carboxylic acids is 1. The lowest BCUT2D eigenvalue weighted by Gasteiger charge is -2.31. The highest BCUT2D eigenvalue weighted by atomic mass is 79.9. The van der Waals surface area contributed by atoms with Crippen LogP contribution in [0.15, 0.2) is 22.7 Å². The first kappa shape index (κ1) is 14.8. The highest BCUT2D eigenvalue weighted by Gasteiger charge is 2.35. The number of likely N-dealkylation sites (tertiary alicyclic amines) is 1. The monoisotopic (exact) mass is 340 g/mol. The topological polar surface area (TPSA) is 69.6 Å². The van der Waals surface area contributed by atoms with Crippen molar-refractivity contribution in [1.29, 1.82) is 0 Å². The van der Waals surface area contributed by atoms with Gasteiger partial charge in [0.2, 0.25) is 0 Å². The molecule has 0 aliphatic carbocycles. The summed E-state index contributed by atoms with van der Waals surface area (Å²) < 4.78 is 0.660. The van der Waals surface area contributed by atoms with Crippen LogP contribution >= 0.6 is 15.9 Å². The second kappa shape index (κ2) is 5.44. The maximum atomic E-state index is 12.3. The van der Waals surface area contributed by atoms with E-state index in [0.29, 0.717) is 10.2 Å². The van der Waals surface area contributed by atoms with Gasteiger partial charge in [-0.3, -0.25) is 0 Å². The van der Waals surface area contributed by atoms with Gasteiger partial charge in [0.25, 0.3) is 0 Å². The highest BCUT2D eigenvalue weighted by Crippen LogP contribution is 2.30. The molecule has 1 aliphatic heterocycles. The van der Waals surface area contributed by atoms with Crippen LogP contribution in [0.4, 0.5) is 10.5 Å². The van der Waals surface area contributed by atoms with E-state index in [0.717, 1.165) is 19.4 Å². The van der Waals surface area contributed by atoms with E-state index in [4.69, 9.17) is 5.11 Å². The van der Waals surface area contributed by atoms with E-state index in [9.17, 15) is 9.59 Å². The third-order valence-electron chi connectivity index (χ3n) is 3.60. The first-order chi connectivity index (χ1) is 9.31. The number of halogens is 1. The Bertz CT molecular complexity index is 557. The van der Waals surface area contributed by atoms with E-state index in [-0.39, 0.29) is 17.1 Å². The van der Waals surface area contributed by atoms with Gasteiger partial charge < -0.3 is 15.3 Å². The molecule has 0 saturated carbocycles. The molecule has 0 spiro atoms. The highest BCUT2D eigenvalue weighted by molar-refractivity contribution is 9.10. The number of amides is 2. The van der Waals surface area contributed by atoms with Crippen LogP contribution in [0.25, 0.3) is 0 Å². The fourth-order valence-electron chi connectivity index (χ4n) is 2.42. The van der Waals surface area contributed by atoms with Crippen molar-refractivity contribution in [3.8, 4) is 0 Å². The van der Waals surface area contributed by atoms with Gasteiger partial charge in [0.05, 0.1) is 11.3 Å². The predicted octanol–water partition coefficient (Wildman–Crippen LogP) is 3.55. The summed E-state index contributed by atoms with van der Waals surface area (Å²) in [6.45, 7) is 4.78. The molecule has 1 fully saturated rings. The van der Waals surface area contributed by atoms with Crippen LogP contribution in [0, 0.1) is 0 Å². The van der Waals surface area contributed by atoms with Gasteiger partial charge in [0.15, 0.2) is 0 Å². The fourth-order valence-corrected chi connectivity index (χ4v) is 2.77. The van der Waals surface area contributed by atoms with Crippen molar-refractivity contribution < 1.29 is 14.7 Å². The third-order valence-corrected chi connectivity index (χ3v) is 4.29. The Balaban J connectivity index is 2.19. The number of carboxylic acid groups (broad SMARTS) is 1. The number of carbonyl (C=O) groups is 2. The summed E-state index contributed by atoms with van der Waals surface area (Å²) in [6.07, 6.45) is 1.95. The predicted molar refractivity (Wildman–Crippen MR) is 80.1 cm³/mol. The average molecular weight is 341 g/mol. The minimum absolute atomic E-state index is 0.143. The van der Waals surface area contributed by atoms with Crippen molar-refractivity contribution >= 4 is 33.6 Å². The molecule has 108 valence electrons. The summed E-state index contributed by atoms with van der Waals surface area (Å²) in [5.41, 5.74) is 0.447. The average Bonchev–Trinajstić information content (AvgIpc) is 2.71. The van der Waals surface area contributed by atoms with Gasteiger partial charge in [-0.15, -0.1) is 0 Å². The van der Waals surface area contributed by atoms with Crippen molar-refractivity contribution in [2.24, 2.45) is 0 Å². The summed E-state index contributed by atoms with van der Waals surface area (Å²) in [7, 11) is 0. The molecule has 0 radical (unpaired) electrons. The molecule has 1 aromatic carbocycles. The van der Waals surface area contributed by atoms with E-state index in [2.05, 4.69) is 21.2 Å². The lowest BCUT2D eigenvalue weighted by molar-refractivity contribution is 0.0697. The van der Waals surface area contributed by atoms with E-state index >= 15 is 0 Å². The molecular formula is C14H17BrN2O3. The minimum atomic E-state index is -1.02. The maximum Gasteiger partial charge on any atom is 0.335 e. The number of rotatable bonds is 2. The lowest BCUT2D eigenvalue weighted by atomic mass is 10.0. The molecule has 0 aromatic heterocycles. The largest absolute Gasteiger partial charge is 0.478 e. The van der Waals surface area contributed by atoms with Gasteiger partial charge in [-0.2, -0.15) is 0 Å². The van der Waals surface area contributed by atoms with Crippen LogP contribution in [0.5, 0.6) is 0 Å². The van der Waals surface area contributed by atoms with Gasteiger partial charge in [-0.25, -0.2) is 9.59 Å².